The number of carbonyl (C=O) groups excluding carboxylic acids is 1. The van der Waals surface area contributed by atoms with Gasteiger partial charge in [-0.1, -0.05) is 11.6 Å². The zero-order valence-electron chi connectivity index (χ0n) is 8.43. The zero-order valence-corrected chi connectivity index (χ0v) is 9.19. The quantitative estimate of drug-likeness (QED) is 0.805. The molecule has 0 saturated heterocycles. The number of ether oxygens (including phenoxy) is 1. The van der Waals surface area contributed by atoms with Crippen LogP contribution in [0.5, 0.6) is 5.75 Å². The number of Topliss-reactive ketones (excluding diaryl/α,β-unsaturated/α-hetero) is 1. The van der Waals surface area contributed by atoms with E-state index in [1.807, 2.05) is 0 Å². The van der Waals surface area contributed by atoms with Gasteiger partial charge >= 0.3 is 0 Å². The average Bonchev–Trinajstić information content (AvgIpc) is 2.21. The Morgan fingerprint density at radius 2 is 2.27 bits per heavy atom. The van der Waals surface area contributed by atoms with Gasteiger partial charge in [0.25, 0.3) is 0 Å². The molecule has 0 amide bonds. The number of halogens is 2. The first-order valence-electron chi connectivity index (χ1n) is 4.31. The summed E-state index contributed by atoms with van der Waals surface area (Å²) in [6.07, 6.45) is 0. The maximum Gasteiger partial charge on any atom is 0.178 e. The highest BCUT2D eigenvalue weighted by Gasteiger charge is 2.15. The highest BCUT2D eigenvalue weighted by atomic mass is 35.5. The van der Waals surface area contributed by atoms with Crippen molar-refractivity contribution in [1.29, 1.82) is 0 Å². The first-order valence-corrected chi connectivity index (χ1v) is 4.68. The van der Waals surface area contributed by atoms with Gasteiger partial charge in [-0.2, -0.15) is 0 Å². The third kappa shape index (κ3) is 2.67. The van der Waals surface area contributed by atoms with E-state index in [9.17, 15) is 9.18 Å². The van der Waals surface area contributed by atoms with Crippen LogP contribution in [0.2, 0.25) is 5.02 Å². The first kappa shape index (κ1) is 11.9. The van der Waals surface area contributed by atoms with E-state index < -0.39 is 5.82 Å². The molecule has 0 bridgehead atoms. The van der Waals surface area contributed by atoms with Gasteiger partial charge < -0.3 is 10.1 Å². The van der Waals surface area contributed by atoms with E-state index in [-0.39, 0.29) is 28.7 Å². The van der Waals surface area contributed by atoms with Crippen LogP contribution in [0, 0.1) is 5.82 Å². The van der Waals surface area contributed by atoms with E-state index in [4.69, 9.17) is 16.3 Å². The average molecular weight is 232 g/mol. The van der Waals surface area contributed by atoms with Crippen LogP contribution >= 0.6 is 11.6 Å². The van der Waals surface area contributed by atoms with Crippen LogP contribution in [0.3, 0.4) is 0 Å². The molecule has 0 aromatic heterocycles. The summed E-state index contributed by atoms with van der Waals surface area (Å²) in [5, 5.41) is 2.82. The molecule has 15 heavy (non-hydrogen) atoms. The first-order chi connectivity index (χ1) is 7.10. The molecule has 0 unspecified atom stereocenters. The number of likely N-dealkylation sites (N-methyl/N-ethyl adjacent to an activating group) is 1. The van der Waals surface area contributed by atoms with Gasteiger partial charge in [0.05, 0.1) is 18.7 Å². The normalized spacial score (nSPS) is 10.1. The number of ketones is 1. The van der Waals surface area contributed by atoms with Crippen LogP contribution in [0.4, 0.5) is 4.39 Å². The molecule has 3 nitrogen and oxygen atoms in total. The monoisotopic (exact) mass is 231 g/mol. The molecular formula is C10H11ClFNO2. The Hall–Kier alpha value is -1.13. The molecule has 1 rings (SSSR count). The lowest BCUT2D eigenvalue weighted by molar-refractivity contribution is 0.0993. The van der Waals surface area contributed by atoms with E-state index in [0.717, 1.165) is 12.1 Å². The SMILES string of the molecule is CNCC(=O)c1cc(F)cc(OC)c1Cl. The second-order valence-corrected chi connectivity index (χ2v) is 3.30. The van der Waals surface area contributed by atoms with E-state index in [2.05, 4.69) is 5.32 Å². The van der Waals surface area contributed by atoms with Crippen molar-refractivity contribution in [2.24, 2.45) is 0 Å². The lowest BCUT2D eigenvalue weighted by Gasteiger charge is -2.08. The largest absolute Gasteiger partial charge is 0.495 e. The lowest BCUT2D eigenvalue weighted by atomic mass is 10.1. The minimum absolute atomic E-state index is 0.103. The molecule has 0 aliphatic heterocycles. The second-order valence-electron chi connectivity index (χ2n) is 2.92. The molecule has 0 aliphatic rings. The zero-order chi connectivity index (χ0) is 11.4. The van der Waals surface area contributed by atoms with E-state index in [0.29, 0.717) is 0 Å². The van der Waals surface area contributed by atoms with Crippen molar-refractivity contribution in [3.63, 3.8) is 0 Å². The number of carbonyl (C=O) groups is 1. The molecule has 0 saturated carbocycles. The maximum absolute atomic E-state index is 13.1. The summed E-state index contributed by atoms with van der Waals surface area (Å²) in [5.74, 6) is -0.660. The van der Waals surface area contributed by atoms with Crippen molar-refractivity contribution < 1.29 is 13.9 Å². The number of benzene rings is 1. The summed E-state index contributed by atoms with van der Waals surface area (Å²) in [6.45, 7) is 0.103. The van der Waals surface area contributed by atoms with Gasteiger partial charge in [0.2, 0.25) is 0 Å². The van der Waals surface area contributed by atoms with Crippen LogP contribution in [0.25, 0.3) is 0 Å². The van der Waals surface area contributed by atoms with Crippen molar-refractivity contribution in [3.05, 3.63) is 28.5 Å². The van der Waals surface area contributed by atoms with Crippen molar-refractivity contribution >= 4 is 17.4 Å². The van der Waals surface area contributed by atoms with Gasteiger partial charge in [-0.25, -0.2) is 4.39 Å². The Bertz CT molecular complexity index is 382. The molecule has 0 radical (unpaired) electrons. The van der Waals surface area contributed by atoms with E-state index in [1.165, 1.54) is 7.11 Å². The molecular weight excluding hydrogens is 221 g/mol. The Kier molecular flexibility index (Phi) is 4.05. The molecule has 0 spiro atoms. The van der Waals surface area contributed by atoms with Crippen LogP contribution in [-0.2, 0) is 0 Å². The highest BCUT2D eigenvalue weighted by Crippen LogP contribution is 2.29. The minimum Gasteiger partial charge on any atom is -0.495 e. The molecule has 0 aliphatic carbocycles. The summed E-state index contributed by atoms with van der Waals surface area (Å²) in [5.41, 5.74) is 0.128. The Balaban J connectivity index is 3.17. The molecule has 1 N–H and O–H groups in total. The van der Waals surface area contributed by atoms with Crippen LogP contribution in [-0.4, -0.2) is 26.5 Å². The van der Waals surface area contributed by atoms with Gasteiger partial charge in [0.1, 0.15) is 11.6 Å². The van der Waals surface area contributed by atoms with Gasteiger partial charge in [0.15, 0.2) is 5.78 Å². The Morgan fingerprint density at radius 3 is 2.80 bits per heavy atom. The van der Waals surface area contributed by atoms with Gasteiger partial charge in [-0.05, 0) is 13.1 Å². The topological polar surface area (TPSA) is 38.3 Å². The Morgan fingerprint density at radius 1 is 1.60 bits per heavy atom. The standard InChI is InChI=1S/C10H11ClFNO2/c1-13-5-8(14)7-3-6(12)4-9(15-2)10(7)11/h3-4,13H,5H2,1-2H3. The molecule has 0 heterocycles. The summed E-state index contributed by atoms with van der Waals surface area (Å²) >= 11 is 5.87. The Labute approximate surface area is 92.2 Å². The van der Waals surface area contributed by atoms with Gasteiger partial charge in [-0.15, -0.1) is 0 Å². The van der Waals surface area contributed by atoms with Gasteiger partial charge in [0, 0.05) is 11.6 Å². The molecule has 1 aromatic carbocycles. The number of hydrogen-bond acceptors (Lipinski definition) is 3. The van der Waals surface area contributed by atoms with Crippen LogP contribution < -0.4 is 10.1 Å². The summed E-state index contributed by atoms with van der Waals surface area (Å²) in [4.78, 5) is 11.5. The lowest BCUT2D eigenvalue weighted by Crippen LogP contribution is -2.19. The second kappa shape index (κ2) is 5.09. The summed E-state index contributed by atoms with van der Waals surface area (Å²) < 4.78 is 17.9. The van der Waals surface area contributed by atoms with Crippen molar-refractivity contribution in [2.45, 2.75) is 0 Å². The molecule has 5 heteroatoms. The fourth-order valence-corrected chi connectivity index (χ4v) is 1.46. The number of rotatable bonds is 4. The van der Waals surface area contributed by atoms with E-state index in [1.54, 1.807) is 7.05 Å². The van der Waals surface area contributed by atoms with Crippen molar-refractivity contribution in [2.75, 3.05) is 20.7 Å². The molecule has 0 atom stereocenters. The van der Waals surface area contributed by atoms with Crippen LogP contribution in [0.15, 0.2) is 12.1 Å². The van der Waals surface area contributed by atoms with E-state index >= 15 is 0 Å². The van der Waals surface area contributed by atoms with Gasteiger partial charge in [-0.3, -0.25) is 4.79 Å². The fraction of sp³-hybridized carbons (Fsp3) is 0.300. The van der Waals surface area contributed by atoms with Crippen LogP contribution in [0.1, 0.15) is 10.4 Å². The van der Waals surface area contributed by atoms with Crippen molar-refractivity contribution in [3.8, 4) is 5.75 Å². The number of methoxy groups -OCH3 is 1. The van der Waals surface area contributed by atoms with Crippen molar-refractivity contribution in [1.82, 2.24) is 5.32 Å². The summed E-state index contributed by atoms with van der Waals surface area (Å²) in [7, 11) is 3.00. The molecule has 1 aromatic rings. The minimum atomic E-state index is -0.546. The summed E-state index contributed by atoms with van der Waals surface area (Å²) in [6, 6.07) is 2.24. The number of nitrogens with one attached hydrogen (secondary N) is 1. The predicted octanol–water partition coefficient (Wildman–Crippen LogP) is 1.89. The number of hydrogen-bond donors (Lipinski definition) is 1. The fourth-order valence-electron chi connectivity index (χ4n) is 1.17. The molecule has 0 fully saturated rings. The maximum atomic E-state index is 13.1. The molecule has 82 valence electrons. The third-order valence-electron chi connectivity index (χ3n) is 1.86. The highest BCUT2D eigenvalue weighted by molar-refractivity contribution is 6.35. The third-order valence-corrected chi connectivity index (χ3v) is 2.25. The smallest absolute Gasteiger partial charge is 0.178 e. The predicted molar refractivity (Wildman–Crippen MR) is 56.2 cm³/mol.